The molecule has 0 saturated carbocycles. The third kappa shape index (κ3) is 2.19. The molecule has 0 radical (unpaired) electrons. The number of ether oxygens (including phenoxy) is 1. The highest BCUT2D eigenvalue weighted by Gasteiger charge is 2.19. The number of fused-ring (bicyclic) bond motifs is 1. The minimum Gasteiger partial charge on any atom is -0.486 e. The number of hydrogen-bond donors (Lipinski definition) is 2. The van der Waals surface area contributed by atoms with Crippen molar-refractivity contribution in [2.75, 3.05) is 19.0 Å². The Morgan fingerprint density at radius 1 is 1.23 bits per heavy atom. The Labute approximate surface area is 132 Å². The van der Waals surface area contributed by atoms with Gasteiger partial charge in [0.2, 0.25) is 0 Å². The van der Waals surface area contributed by atoms with E-state index >= 15 is 0 Å². The van der Waals surface area contributed by atoms with Crippen molar-refractivity contribution in [3.63, 3.8) is 0 Å². The molecule has 0 spiro atoms. The van der Waals surface area contributed by atoms with Gasteiger partial charge in [-0.25, -0.2) is 4.98 Å². The fourth-order valence-corrected chi connectivity index (χ4v) is 3.40. The van der Waals surface area contributed by atoms with Gasteiger partial charge in [0.15, 0.2) is 5.06 Å². The Morgan fingerprint density at radius 2 is 2.09 bits per heavy atom. The van der Waals surface area contributed by atoms with Crippen molar-refractivity contribution in [2.45, 2.75) is 0 Å². The van der Waals surface area contributed by atoms with Crippen LogP contribution in [0.5, 0.6) is 5.06 Å². The van der Waals surface area contributed by atoms with Crippen LogP contribution in [0.15, 0.2) is 42.7 Å². The minimum absolute atomic E-state index is 0.818. The van der Waals surface area contributed by atoms with E-state index < -0.39 is 0 Å². The SMILES string of the molecule is COc1cnc(-c2c[nH]c3c2C=C(c2ccccc2)CN3)s1. The molecule has 1 aliphatic heterocycles. The maximum atomic E-state index is 5.24. The zero-order valence-electron chi connectivity index (χ0n) is 12.1. The number of aromatic nitrogens is 2. The number of nitrogens with zero attached hydrogens (tertiary/aromatic N) is 1. The van der Waals surface area contributed by atoms with E-state index in [9.17, 15) is 0 Å². The molecule has 4 rings (SSSR count). The van der Waals surface area contributed by atoms with E-state index in [1.165, 1.54) is 11.1 Å². The highest BCUT2D eigenvalue weighted by Crippen LogP contribution is 2.38. The third-order valence-electron chi connectivity index (χ3n) is 3.76. The molecule has 22 heavy (non-hydrogen) atoms. The summed E-state index contributed by atoms with van der Waals surface area (Å²) in [6.45, 7) is 0.818. The highest BCUT2D eigenvalue weighted by molar-refractivity contribution is 7.16. The first-order chi connectivity index (χ1) is 10.8. The summed E-state index contributed by atoms with van der Waals surface area (Å²) in [6.07, 6.45) is 6.00. The third-order valence-corrected chi connectivity index (χ3v) is 4.75. The molecular weight excluding hydrogens is 294 g/mol. The van der Waals surface area contributed by atoms with E-state index in [-0.39, 0.29) is 0 Å². The van der Waals surface area contributed by atoms with E-state index in [1.807, 2.05) is 12.3 Å². The molecule has 0 aliphatic carbocycles. The topological polar surface area (TPSA) is 49.9 Å². The Bertz CT molecular complexity index is 833. The molecule has 0 fully saturated rings. The van der Waals surface area contributed by atoms with Gasteiger partial charge in [-0.1, -0.05) is 41.7 Å². The predicted octanol–water partition coefficient (Wildman–Crippen LogP) is 4.11. The number of thiazole rings is 1. The number of methoxy groups -OCH3 is 1. The number of rotatable bonds is 3. The van der Waals surface area contributed by atoms with Gasteiger partial charge >= 0.3 is 0 Å². The summed E-state index contributed by atoms with van der Waals surface area (Å²) in [7, 11) is 1.67. The van der Waals surface area contributed by atoms with E-state index in [0.29, 0.717) is 0 Å². The van der Waals surface area contributed by atoms with Crippen molar-refractivity contribution in [3.8, 4) is 15.6 Å². The lowest BCUT2D eigenvalue weighted by Gasteiger charge is -2.16. The van der Waals surface area contributed by atoms with Gasteiger partial charge in [-0.3, -0.25) is 0 Å². The lowest BCUT2D eigenvalue weighted by Crippen LogP contribution is -2.09. The Hall–Kier alpha value is -2.53. The first kappa shape index (κ1) is 13.2. The predicted molar refractivity (Wildman–Crippen MR) is 91.3 cm³/mol. The summed E-state index contributed by atoms with van der Waals surface area (Å²) in [5, 5.41) is 5.22. The average molecular weight is 309 g/mol. The van der Waals surface area contributed by atoms with Gasteiger partial charge in [-0.15, -0.1) is 0 Å². The average Bonchev–Trinajstić information content (AvgIpc) is 3.21. The van der Waals surface area contributed by atoms with Gasteiger partial charge in [0.25, 0.3) is 0 Å². The zero-order chi connectivity index (χ0) is 14.9. The van der Waals surface area contributed by atoms with Crippen LogP contribution in [0.25, 0.3) is 22.2 Å². The molecule has 3 heterocycles. The molecule has 0 unspecified atom stereocenters. The van der Waals surface area contributed by atoms with Crippen LogP contribution in [0.4, 0.5) is 5.82 Å². The molecule has 0 atom stereocenters. The van der Waals surface area contributed by atoms with Crippen LogP contribution in [0, 0.1) is 0 Å². The first-order valence-corrected chi connectivity index (χ1v) is 7.88. The molecule has 4 nitrogen and oxygen atoms in total. The summed E-state index contributed by atoms with van der Waals surface area (Å²) in [6, 6.07) is 10.4. The van der Waals surface area contributed by atoms with Crippen LogP contribution in [-0.2, 0) is 0 Å². The lowest BCUT2D eigenvalue weighted by molar-refractivity contribution is 0.426. The quantitative estimate of drug-likeness (QED) is 0.765. The summed E-state index contributed by atoms with van der Waals surface area (Å²) >= 11 is 1.55. The van der Waals surface area contributed by atoms with Crippen molar-refractivity contribution in [3.05, 3.63) is 53.9 Å². The molecular formula is C17H15N3OS. The zero-order valence-corrected chi connectivity index (χ0v) is 12.9. The van der Waals surface area contributed by atoms with Crippen molar-refractivity contribution >= 4 is 28.8 Å². The van der Waals surface area contributed by atoms with Crippen LogP contribution >= 0.6 is 11.3 Å². The molecule has 2 aromatic heterocycles. The monoisotopic (exact) mass is 309 g/mol. The second-order valence-electron chi connectivity index (χ2n) is 5.07. The lowest BCUT2D eigenvalue weighted by atomic mass is 9.99. The van der Waals surface area contributed by atoms with Gasteiger partial charge in [0.1, 0.15) is 10.8 Å². The Balaban J connectivity index is 1.78. The number of nitrogens with one attached hydrogen (secondary N) is 2. The van der Waals surface area contributed by atoms with Crippen molar-refractivity contribution in [1.82, 2.24) is 9.97 Å². The molecule has 110 valence electrons. The smallest absolute Gasteiger partial charge is 0.194 e. The summed E-state index contributed by atoms with van der Waals surface area (Å²) in [4.78, 5) is 7.75. The second kappa shape index (κ2) is 5.35. The maximum absolute atomic E-state index is 5.24. The van der Waals surface area contributed by atoms with Gasteiger partial charge < -0.3 is 15.0 Å². The normalized spacial score (nSPS) is 13.2. The minimum atomic E-state index is 0.818. The molecule has 0 bridgehead atoms. The molecule has 2 N–H and O–H groups in total. The van der Waals surface area contributed by atoms with Crippen LogP contribution in [-0.4, -0.2) is 23.6 Å². The first-order valence-electron chi connectivity index (χ1n) is 7.06. The largest absolute Gasteiger partial charge is 0.486 e. The van der Waals surface area contributed by atoms with Crippen molar-refractivity contribution in [2.24, 2.45) is 0 Å². The Morgan fingerprint density at radius 3 is 2.86 bits per heavy atom. The van der Waals surface area contributed by atoms with E-state index in [4.69, 9.17) is 4.74 Å². The molecule has 1 aromatic carbocycles. The summed E-state index contributed by atoms with van der Waals surface area (Å²) in [5.74, 6) is 1.05. The van der Waals surface area contributed by atoms with Crippen molar-refractivity contribution in [1.29, 1.82) is 0 Å². The molecule has 1 aliphatic rings. The molecule has 0 saturated heterocycles. The van der Waals surface area contributed by atoms with Crippen LogP contribution in [0.3, 0.4) is 0 Å². The van der Waals surface area contributed by atoms with Crippen molar-refractivity contribution < 1.29 is 4.74 Å². The van der Waals surface area contributed by atoms with Crippen LogP contribution in [0.1, 0.15) is 11.1 Å². The number of hydrogen-bond acceptors (Lipinski definition) is 4. The Kier molecular flexibility index (Phi) is 3.20. The highest BCUT2D eigenvalue weighted by atomic mass is 32.1. The standard InChI is InChI=1S/C17H15N3OS/c1-21-15-10-20-17(22-15)14-9-19-16-13(14)7-12(8-18-16)11-5-3-2-4-6-11/h2-7,9-10,18-19H,8H2,1H3. The number of aromatic amines is 1. The molecule has 0 amide bonds. The van der Waals surface area contributed by atoms with Gasteiger partial charge in [0.05, 0.1) is 13.3 Å². The van der Waals surface area contributed by atoms with E-state index in [0.717, 1.165) is 33.6 Å². The van der Waals surface area contributed by atoms with E-state index in [1.54, 1.807) is 24.6 Å². The summed E-state index contributed by atoms with van der Waals surface area (Å²) in [5.41, 5.74) is 4.77. The number of benzene rings is 1. The maximum Gasteiger partial charge on any atom is 0.194 e. The van der Waals surface area contributed by atoms with Crippen LogP contribution < -0.4 is 10.1 Å². The van der Waals surface area contributed by atoms with Gasteiger partial charge in [-0.05, 0) is 17.2 Å². The molecule has 3 aromatic rings. The van der Waals surface area contributed by atoms with Gasteiger partial charge in [-0.2, -0.15) is 0 Å². The molecule has 5 heteroatoms. The summed E-state index contributed by atoms with van der Waals surface area (Å²) < 4.78 is 5.24. The van der Waals surface area contributed by atoms with Gasteiger partial charge in [0, 0.05) is 23.9 Å². The second-order valence-corrected chi connectivity index (χ2v) is 6.06. The number of H-pyrrole nitrogens is 1. The van der Waals surface area contributed by atoms with Crippen LogP contribution in [0.2, 0.25) is 0 Å². The van der Waals surface area contributed by atoms with E-state index in [2.05, 4.69) is 45.6 Å². The number of anilines is 1. The fraction of sp³-hybridized carbons (Fsp3) is 0.118. The fourth-order valence-electron chi connectivity index (χ4n) is 2.63.